The first-order valence-electron chi connectivity index (χ1n) is 12.2. The number of carbonyl (C=O) groups excluding carboxylic acids is 1. The fraction of sp³-hybridized carbons (Fsp3) is 0.241. The van der Waals surface area contributed by atoms with Crippen LogP contribution in [0.25, 0.3) is 6.08 Å². The van der Waals surface area contributed by atoms with Crippen molar-refractivity contribution in [3.63, 3.8) is 0 Å². The Morgan fingerprint density at radius 3 is 2.27 bits per heavy atom. The molecule has 37 heavy (non-hydrogen) atoms. The molecule has 1 heterocycles. The number of ether oxygens (including phenoxy) is 4. The first-order chi connectivity index (χ1) is 18.0. The van der Waals surface area contributed by atoms with Crippen LogP contribution < -0.4 is 29.2 Å². The molecule has 0 atom stereocenters. The lowest BCUT2D eigenvalue weighted by Crippen LogP contribution is -2.30. The van der Waals surface area contributed by atoms with E-state index in [0.717, 1.165) is 16.9 Å². The van der Waals surface area contributed by atoms with Gasteiger partial charge in [-0.15, -0.1) is 0 Å². The third kappa shape index (κ3) is 6.40. The Morgan fingerprint density at radius 1 is 0.811 bits per heavy atom. The fourth-order valence-corrected chi connectivity index (χ4v) is 4.14. The molecular weight excluding hydrogens is 488 g/mol. The molecule has 1 fully saturated rings. The van der Waals surface area contributed by atoms with E-state index in [9.17, 15) is 4.79 Å². The summed E-state index contributed by atoms with van der Waals surface area (Å²) in [4.78, 5) is 14.6. The van der Waals surface area contributed by atoms with Crippen LogP contribution in [-0.2, 0) is 11.4 Å². The van der Waals surface area contributed by atoms with Crippen molar-refractivity contribution in [3.05, 3.63) is 83.6 Å². The number of rotatable bonds is 11. The Labute approximate surface area is 222 Å². The summed E-state index contributed by atoms with van der Waals surface area (Å²) < 4.78 is 22.8. The van der Waals surface area contributed by atoms with Gasteiger partial charge in [0.05, 0.1) is 25.5 Å². The van der Waals surface area contributed by atoms with Crippen molar-refractivity contribution in [1.82, 2.24) is 5.32 Å². The third-order valence-electron chi connectivity index (χ3n) is 5.47. The molecule has 0 aliphatic carbocycles. The van der Waals surface area contributed by atoms with Gasteiger partial charge in [-0.3, -0.25) is 9.69 Å². The Morgan fingerprint density at radius 2 is 1.54 bits per heavy atom. The summed E-state index contributed by atoms with van der Waals surface area (Å²) >= 11 is 5.43. The van der Waals surface area contributed by atoms with E-state index >= 15 is 0 Å². The molecule has 0 bridgehead atoms. The Kier molecular flexibility index (Phi) is 8.64. The molecule has 1 aliphatic rings. The average Bonchev–Trinajstić information content (AvgIpc) is 3.17. The Balaban J connectivity index is 1.45. The first kappa shape index (κ1) is 26.0. The number of benzene rings is 3. The molecule has 1 aliphatic heterocycles. The number of hydrogen-bond acceptors (Lipinski definition) is 6. The van der Waals surface area contributed by atoms with Gasteiger partial charge in [-0.1, -0.05) is 18.2 Å². The standard InChI is InChI=1S/C29H30N2O5S/c1-4-33-23-13-11-22(12-14-23)31-28(32)25(30-29(31)37)17-20-8-7-9-24(16-20)36-19-21-10-15-26(34-5-2)27(18-21)35-6-3/h7-18H,4-6,19H2,1-3H3,(H,30,37)/b25-17+. The highest BCUT2D eigenvalue weighted by Gasteiger charge is 2.32. The van der Waals surface area contributed by atoms with Gasteiger partial charge in [0.15, 0.2) is 16.6 Å². The van der Waals surface area contributed by atoms with E-state index in [1.165, 1.54) is 4.90 Å². The van der Waals surface area contributed by atoms with Crippen LogP contribution >= 0.6 is 12.2 Å². The molecule has 0 unspecified atom stereocenters. The number of nitrogens with one attached hydrogen (secondary N) is 1. The normalized spacial score (nSPS) is 14.0. The zero-order valence-electron chi connectivity index (χ0n) is 21.2. The summed E-state index contributed by atoms with van der Waals surface area (Å²) in [6.45, 7) is 7.85. The number of thiocarbonyl (C=S) groups is 1. The molecule has 0 spiro atoms. The number of hydrogen-bond donors (Lipinski definition) is 1. The van der Waals surface area contributed by atoms with Crippen molar-refractivity contribution in [2.24, 2.45) is 0 Å². The molecular formula is C29H30N2O5S. The molecule has 7 nitrogen and oxygen atoms in total. The van der Waals surface area contributed by atoms with E-state index in [1.807, 2.05) is 87.5 Å². The highest BCUT2D eigenvalue weighted by molar-refractivity contribution is 7.80. The molecule has 1 saturated heterocycles. The van der Waals surface area contributed by atoms with Crippen LogP contribution in [0, 0.1) is 0 Å². The summed E-state index contributed by atoms with van der Waals surface area (Å²) in [6, 6.07) is 20.6. The summed E-state index contributed by atoms with van der Waals surface area (Å²) in [7, 11) is 0. The van der Waals surface area contributed by atoms with Crippen LogP contribution in [0.3, 0.4) is 0 Å². The van der Waals surface area contributed by atoms with Crippen LogP contribution in [0.5, 0.6) is 23.0 Å². The van der Waals surface area contributed by atoms with E-state index in [0.29, 0.717) is 60.2 Å². The molecule has 0 aromatic heterocycles. The maximum absolute atomic E-state index is 13.1. The summed E-state index contributed by atoms with van der Waals surface area (Å²) in [5, 5.41) is 3.35. The lowest BCUT2D eigenvalue weighted by Gasteiger charge is -2.14. The van der Waals surface area contributed by atoms with Crippen molar-refractivity contribution in [2.45, 2.75) is 27.4 Å². The van der Waals surface area contributed by atoms with E-state index in [1.54, 1.807) is 6.08 Å². The maximum Gasteiger partial charge on any atom is 0.281 e. The zero-order chi connectivity index (χ0) is 26.2. The summed E-state index contributed by atoms with van der Waals surface area (Å²) in [5.74, 6) is 2.61. The molecule has 3 aromatic rings. The van der Waals surface area contributed by atoms with Gasteiger partial charge in [-0.2, -0.15) is 0 Å². The van der Waals surface area contributed by atoms with Gasteiger partial charge in [0.25, 0.3) is 5.91 Å². The second-order valence-electron chi connectivity index (χ2n) is 8.06. The van der Waals surface area contributed by atoms with Gasteiger partial charge >= 0.3 is 0 Å². The van der Waals surface area contributed by atoms with Crippen LogP contribution in [0.4, 0.5) is 5.69 Å². The van der Waals surface area contributed by atoms with Crippen LogP contribution in [0.2, 0.25) is 0 Å². The average molecular weight is 519 g/mol. The highest BCUT2D eigenvalue weighted by atomic mass is 32.1. The van der Waals surface area contributed by atoms with Crippen molar-refractivity contribution in [2.75, 3.05) is 24.7 Å². The number of amides is 1. The number of carbonyl (C=O) groups is 1. The highest BCUT2D eigenvalue weighted by Crippen LogP contribution is 2.29. The van der Waals surface area contributed by atoms with Crippen molar-refractivity contribution < 1.29 is 23.7 Å². The van der Waals surface area contributed by atoms with Crippen molar-refractivity contribution in [1.29, 1.82) is 0 Å². The lowest BCUT2D eigenvalue weighted by molar-refractivity contribution is -0.113. The minimum absolute atomic E-state index is 0.224. The molecule has 192 valence electrons. The summed E-state index contributed by atoms with van der Waals surface area (Å²) in [6.07, 6.45) is 1.76. The molecule has 1 N–H and O–H groups in total. The second-order valence-corrected chi connectivity index (χ2v) is 8.45. The van der Waals surface area contributed by atoms with Gasteiger partial charge < -0.3 is 24.3 Å². The predicted octanol–water partition coefficient (Wildman–Crippen LogP) is 5.72. The smallest absolute Gasteiger partial charge is 0.281 e. The van der Waals surface area contributed by atoms with Crippen LogP contribution in [0.1, 0.15) is 31.9 Å². The topological polar surface area (TPSA) is 69.3 Å². The van der Waals surface area contributed by atoms with E-state index in [2.05, 4.69) is 5.32 Å². The molecule has 8 heteroatoms. The van der Waals surface area contributed by atoms with E-state index < -0.39 is 0 Å². The molecule has 3 aromatic carbocycles. The summed E-state index contributed by atoms with van der Waals surface area (Å²) in [5.41, 5.74) is 2.84. The van der Waals surface area contributed by atoms with Gasteiger partial charge in [-0.25, -0.2) is 0 Å². The minimum Gasteiger partial charge on any atom is -0.494 e. The van der Waals surface area contributed by atoms with Crippen LogP contribution in [0.15, 0.2) is 72.4 Å². The fourth-order valence-electron chi connectivity index (χ4n) is 3.84. The zero-order valence-corrected chi connectivity index (χ0v) is 22.0. The Bertz CT molecular complexity index is 1290. The lowest BCUT2D eigenvalue weighted by atomic mass is 10.1. The van der Waals surface area contributed by atoms with E-state index in [4.69, 9.17) is 31.2 Å². The monoisotopic (exact) mass is 518 g/mol. The maximum atomic E-state index is 13.1. The second kappa shape index (κ2) is 12.3. The molecule has 0 radical (unpaired) electrons. The van der Waals surface area contributed by atoms with Gasteiger partial charge in [0, 0.05) is 0 Å². The molecule has 1 amide bonds. The largest absolute Gasteiger partial charge is 0.494 e. The Hall–Kier alpha value is -4.04. The van der Waals surface area contributed by atoms with Crippen molar-refractivity contribution >= 4 is 35.0 Å². The SMILES string of the molecule is CCOc1ccc(N2C(=O)/C(=C\c3cccc(OCc4ccc(OCC)c(OCC)c4)c3)NC2=S)cc1. The molecule has 4 rings (SSSR count). The first-order valence-corrected chi connectivity index (χ1v) is 12.6. The molecule has 0 saturated carbocycles. The van der Waals surface area contributed by atoms with Gasteiger partial charge in [-0.05, 0) is 98.7 Å². The van der Waals surface area contributed by atoms with Crippen LogP contribution in [-0.4, -0.2) is 30.8 Å². The van der Waals surface area contributed by atoms with E-state index in [-0.39, 0.29) is 5.91 Å². The third-order valence-corrected chi connectivity index (χ3v) is 5.75. The van der Waals surface area contributed by atoms with Crippen molar-refractivity contribution in [3.8, 4) is 23.0 Å². The van der Waals surface area contributed by atoms with Gasteiger partial charge in [0.2, 0.25) is 0 Å². The van der Waals surface area contributed by atoms with Gasteiger partial charge in [0.1, 0.15) is 23.8 Å². The number of anilines is 1. The minimum atomic E-state index is -0.224. The number of nitrogens with zero attached hydrogens (tertiary/aromatic N) is 1. The quantitative estimate of drug-likeness (QED) is 0.257. The predicted molar refractivity (Wildman–Crippen MR) is 148 cm³/mol.